The van der Waals surface area contributed by atoms with Gasteiger partial charge in [-0.2, -0.15) is 13.2 Å². The van der Waals surface area contributed by atoms with E-state index < -0.39 is 17.1 Å². The van der Waals surface area contributed by atoms with Crippen LogP contribution in [-0.4, -0.2) is 40.0 Å². The summed E-state index contributed by atoms with van der Waals surface area (Å²) in [6.07, 6.45) is -1.60. The van der Waals surface area contributed by atoms with Crippen LogP contribution in [0.25, 0.3) is 0 Å². The average molecular weight is 336 g/mol. The first-order chi connectivity index (χ1) is 10.4. The van der Waals surface area contributed by atoms with Gasteiger partial charge >= 0.3 is 6.18 Å². The number of carbonyl (C=O) groups is 2. The molecule has 1 aromatic rings. The van der Waals surface area contributed by atoms with E-state index in [9.17, 15) is 22.8 Å². The van der Waals surface area contributed by atoms with Gasteiger partial charge in [0.05, 0.1) is 0 Å². The zero-order chi connectivity index (χ0) is 16.2. The number of aromatic nitrogens is 2. The molecule has 0 saturated carbocycles. The molecule has 22 heavy (non-hydrogen) atoms. The monoisotopic (exact) mass is 336 g/mol. The van der Waals surface area contributed by atoms with Gasteiger partial charge in [-0.05, 0) is 19.3 Å². The maximum absolute atomic E-state index is 12.3. The van der Waals surface area contributed by atoms with E-state index >= 15 is 0 Å². The summed E-state index contributed by atoms with van der Waals surface area (Å²) in [6, 6.07) is 0. The minimum Gasteiger partial charge on any atom is -0.343 e. The van der Waals surface area contributed by atoms with Gasteiger partial charge < -0.3 is 10.2 Å². The number of nitrogens with one attached hydrogen (secondary N) is 1. The number of piperidine rings is 1. The van der Waals surface area contributed by atoms with Crippen LogP contribution >= 0.6 is 11.3 Å². The summed E-state index contributed by atoms with van der Waals surface area (Å²) in [7, 11) is 0. The molecule has 1 aliphatic rings. The minimum absolute atomic E-state index is 0.0385. The Bertz CT molecular complexity index is 541. The van der Waals surface area contributed by atoms with Crippen LogP contribution in [0.4, 0.5) is 18.3 Å². The Morgan fingerprint density at radius 3 is 2.41 bits per heavy atom. The smallest absolute Gasteiger partial charge is 0.343 e. The normalized spacial score (nSPS) is 15.7. The minimum atomic E-state index is -4.58. The molecule has 122 valence electrons. The summed E-state index contributed by atoms with van der Waals surface area (Å²) >= 11 is 0.256. The first kappa shape index (κ1) is 16.7. The number of anilines is 1. The van der Waals surface area contributed by atoms with Crippen molar-refractivity contribution in [1.29, 1.82) is 0 Å². The van der Waals surface area contributed by atoms with Gasteiger partial charge in [-0.25, -0.2) is 0 Å². The molecular formula is C12H15F3N4O2S. The lowest BCUT2D eigenvalue weighted by molar-refractivity contribution is -0.138. The molecule has 6 nitrogen and oxygen atoms in total. The Morgan fingerprint density at radius 2 is 1.82 bits per heavy atom. The van der Waals surface area contributed by atoms with Crippen molar-refractivity contribution in [3.63, 3.8) is 0 Å². The quantitative estimate of drug-likeness (QED) is 0.915. The molecule has 0 atom stereocenters. The van der Waals surface area contributed by atoms with E-state index in [1.807, 2.05) is 0 Å². The molecule has 1 aliphatic heterocycles. The number of halogens is 3. The molecule has 0 unspecified atom stereocenters. The number of carbonyl (C=O) groups excluding carboxylic acids is 2. The number of amides is 2. The van der Waals surface area contributed by atoms with E-state index in [2.05, 4.69) is 15.5 Å². The number of nitrogens with zero attached hydrogens (tertiary/aromatic N) is 3. The van der Waals surface area contributed by atoms with Crippen LogP contribution in [-0.2, 0) is 15.8 Å². The topological polar surface area (TPSA) is 75.2 Å². The Kier molecular flexibility index (Phi) is 5.33. The largest absolute Gasteiger partial charge is 0.445 e. The summed E-state index contributed by atoms with van der Waals surface area (Å²) in [5.74, 6) is -0.654. The lowest BCUT2D eigenvalue weighted by atomic mass is 10.1. The molecule has 0 radical (unpaired) electrons. The molecule has 1 saturated heterocycles. The lowest BCUT2D eigenvalue weighted by Gasteiger charge is -2.26. The molecule has 2 heterocycles. The van der Waals surface area contributed by atoms with Crippen LogP contribution in [0.1, 0.15) is 37.1 Å². The van der Waals surface area contributed by atoms with Crippen LogP contribution in [0.15, 0.2) is 0 Å². The molecule has 2 rings (SSSR count). The first-order valence-electron chi connectivity index (χ1n) is 6.84. The standard InChI is InChI=1S/C12H15F3N4O2S/c13-12(14,15)10-17-18-11(22-10)16-8(20)4-5-9(21)19-6-2-1-3-7-19/h1-7H2,(H,16,18,20). The first-order valence-corrected chi connectivity index (χ1v) is 7.66. The van der Waals surface area contributed by atoms with Gasteiger partial charge in [-0.15, -0.1) is 10.2 Å². The zero-order valence-electron chi connectivity index (χ0n) is 11.7. The van der Waals surface area contributed by atoms with Crippen molar-refractivity contribution in [2.24, 2.45) is 0 Å². The van der Waals surface area contributed by atoms with Crippen LogP contribution in [0, 0.1) is 0 Å². The summed E-state index contributed by atoms with van der Waals surface area (Å²) in [4.78, 5) is 25.2. The van der Waals surface area contributed by atoms with E-state index in [0.29, 0.717) is 13.1 Å². The summed E-state index contributed by atoms with van der Waals surface area (Å²) in [6.45, 7) is 1.40. The van der Waals surface area contributed by atoms with Crippen molar-refractivity contribution in [1.82, 2.24) is 15.1 Å². The highest BCUT2D eigenvalue weighted by atomic mass is 32.1. The van der Waals surface area contributed by atoms with Gasteiger partial charge in [0.15, 0.2) is 0 Å². The highest BCUT2D eigenvalue weighted by Crippen LogP contribution is 2.32. The van der Waals surface area contributed by atoms with Gasteiger partial charge in [-0.3, -0.25) is 9.59 Å². The fraction of sp³-hybridized carbons (Fsp3) is 0.667. The highest BCUT2D eigenvalue weighted by Gasteiger charge is 2.35. The van der Waals surface area contributed by atoms with Crippen LogP contribution in [0.3, 0.4) is 0 Å². The SMILES string of the molecule is O=C(CCC(=O)N1CCCCC1)Nc1nnc(C(F)(F)F)s1. The molecule has 0 bridgehead atoms. The van der Waals surface area contributed by atoms with Gasteiger partial charge in [-0.1, -0.05) is 11.3 Å². The molecule has 1 aromatic heterocycles. The molecule has 2 amide bonds. The number of rotatable bonds is 4. The molecular weight excluding hydrogens is 321 g/mol. The second-order valence-corrected chi connectivity index (χ2v) is 5.88. The Morgan fingerprint density at radius 1 is 1.14 bits per heavy atom. The van der Waals surface area contributed by atoms with E-state index in [4.69, 9.17) is 0 Å². The van der Waals surface area contributed by atoms with Gasteiger partial charge in [0.1, 0.15) is 0 Å². The fourth-order valence-electron chi connectivity index (χ4n) is 2.09. The van der Waals surface area contributed by atoms with Gasteiger partial charge in [0, 0.05) is 25.9 Å². The number of likely N-dealkylation sites (tertiary alicyclic amines) is 1. The van der Waals surface area contributed by atoms with E-state index in [1.165, 1.54) is 0 Å². The third-order valence-corrected chi connectivity index (χ3v) is 4.07. The Labute approximate surface area is 128 Å². The number of hydrogen-bond acceptors (Lipinski definition) is 5. The molecule has 0 spiro atoms. The lowest BCUT2D eigenvalue weighted by Crippen LogP contribution is -2.35. The van der Waals surface area contributed by atoms with E-state index in [-0.39, 0.29) is 35.2 Å². The number of alkyl halides is 3. The maximum atomic E-state index is 12.3. The van der Waals surface area contributed by atoms with Crippen molar-refractivity contribution in [3.8, 4) is 0 Å². The molecule has 0 aromatic carbocycles. The average Bonchev–Trinajstić information content (AvgIpc) is 2.94. The van der Waals surface area contributed by atoms with Crippen LogP contribution < -0.4 is 5.32 Å². The van der Waals surface area contributed by atoms with E-state index in [1.54, 1.807) is 4.90 Å². The molecule has 1 fully saturated rings. The highest BCUT2D eigenvalue weighted by molar-refractivity contribution is 7.15. The molecule has 0 aliphatic carbocycles. The third-order valence-electron chi connectivity index (χ3n) is 3.19. The molecule has 10 heteroatoms. The summed E-state index contributed by atoms with van der Waals surface area (Å²) in [5, 5.41) is 7.11. The van der Waals surface area contributed by atoms with Crippen molar-refractivity contribution < 1.29 is 22.8 Å². The second-order valence-electron chi connectivity index (χ2n) is 4.90. The summed E-state index contributed by atoms with van der Waals surface area (Å²) in [5.41, 5.74) is 0. The van der Waals surface area contributed by atoms with Crippen molar-refractivity contribution in [2.75, 3.05) is 18.4 Å². The Balaban J connectivity index is 1.78. The van der Waals surface area contributed by atoms with E-state index in [0.717, 1.165) is 19.3 Å². The predicted molar refractivity (Wildman–Crippen MR) is 73.2 cm³/mol. The summed E-state index contributed by atoms with van der Waals surface area (Å²) < 4.78 is 37.0. The zero-order valence-corrected chi connectivity index (χ0v) is 12.5. The third kappa shape index (κ3) is 4.65. The van der Waals surface area contributed by atoms with Crippen molar-refractivity contribution >= 4 is 28.3 Å². The van der Waals surface area contributed by atoms with Crippen LogP contribution in [0.2, 0.25) is 0 Å². The fourth-order valence-corrected chi connectivity index (χ4v) is 2.72. The van der Waals surface area contributed by atoms with Gasteiger partial charge in [0.25, 0.3) is 0 Å². The van der Waals surface area contributed by atoms with Crippen molar-refractivity contribution in [3.05, 3.63) is 5.01 Å². The van der Waals surface area contributed by atoms with Crippen LogP contribution in [0.5, 0.6) is 0 Å². The predicted octanol–water partition coefficient (Wildman–Crippen LogP) is 2.29. The van der Waals surface area contributed by atoms with Crippen molar-refractivity contribution in [2.45, 2.75) is 38.3 Å². The molecule has 1 N–H and O–H groups in total. The maximum Gasteiger partial charge on any atom is 0.445 e. The number of hydrogen-bond donors (Lipinski definition) is 1. The van der Waals surface area contributed by atoms with Gasteiger partial charge in [0.2, 0.25) is 22.0 Å². The Hall–Kier alpha value is -1.71. The second kappa shape index (κ2) is 7.03.